The first kappa shape index (κ1) is 22.3. The van der Waals surface area contributed by atoms with Crippen LogP contribution >= 0.6 is 11.6 Å². The van der Waals surface area contributed by atoms with Crippen LogP contribution in [0.3, 0.4) is 0 Å². The number of aryl methyl sites for hydroxylation is 2. The Kier molecular flexibility index (Phi) is 5.51. The van der Waals surface area contributed by atoms with E-state index < -0.39 is 22.8 Å². The summed E-state index contributed by atoms with van der Waals surface area (Å²) in [6.45, 7) is 0. The van der Waals surface area contributed by atoms with Crippen LogP contribution in [0.15, 0.2) is 48.8 Å². The van der Waals surface area contributed by atoms with Gasteiger partial charge in [0.25, 0.3) is 0 Å². The first-order valence-electron chi connectivity index (χ1n) is 10.7. The number of nitrogens with one attached hydrogen (secondary N) is 3. The number of hydrogen-bond acceptors (Lipinski definition) is 2. The van der Waals surface area contributed by atoms with Gasteiger partial charge in [-0.2, -0.15) is 18.3 Å². The van der Waals surface area contributed by atoms with E-state index in [1.54, 1.807) is 4.68 Å². The Balaban J connectivity index is 1.30. The van der Waals surface area contributed by atoms with Crippen molar-refractivity contribution in [3.63, 3.8) is 0 Å². The molecule has 0 radical (unpaired) electrons. The van der Waals surface area contributed by atoms with Gasteiger partial charge in [-0.1, -0.05) is 23.7 Å². The number of alkyl halides is 3. The van der Waals surface area contributed by atoms with E-state index in [1.807, 2.05) is 19.4 Å². The standard InChI is InChI=1S/C24H21ClF3N5O/c1-33-12-14(11-29-33)13-2-5-17-18-9-15(4-7-21(18)32-22(17)8-13)30-23(34)31-16-3-6-20(25)19(10-16)24(26,27)28/h2-3,5-6,8,10-12,15,32H,4,7,9H2,1H3,(H2,30,31,34). The Hall–Kier alpha value is -3.46. The van der Waals surface area contributed by atoms with Gasteiger partial charge in [-0.15, -0.1) is 0 Å². The van der Waals surface area contributed by atoms with Gasteiger partial charge in [0.05, 0.1) is 16.8 Å². The zero-order chi connectivity index (χ0) is 24.0. The summed E-state index contributed by atoms with van der Waals surface area (Å²) in [5.74, 6) is 0. The second kappa shape index (κ2) is 8.39. The molecule has 4 aromatic rings. The third-order valence-corrected chi connectivity index (χ3v) is 6.42. The Labute approximate surface area is 198 Å². The van der Waals surface area contributed by atoms with Crippen LogP contribution in [0.5, 0.6) is 0 Å². The monoisotopic (exact) mass is 487 g/mol. The van der Waals surface area contributed by atoms with Gasteiger partial charge in [0.1, 0.15) is 0 Å². The number of rotatable bonds is 3. The maximum atomic E-state index is 13.1. The van der Waals surface area contributed by atoms with Crippen molar-refractivity contribution in [3.8, 4) is 11.1 Å². The van der Waals surface area contributed by atoms with Crippen molar-refractivity contribution < 1.29 is 18.0 Å². The smallest absolute Gasteiger partial charge is 0.358 e. The predicted molar refractivity (Wildman–Crippen MR) is 125 cm³/mol. The molecule has 6 nitrogen and oxygen atoms in total. The van der Waals surface area contributed by atoms with Crippen LogP contribution < -0.4 is 10.6 Å². The van der Waals surface area contributed by atoms with Gasteiger partial charge < -0.3 is 15.6 Å². The highest BCUT2D eigenvalue weighted by molar-refractivity contribution is 6.31. The van der Waals surface area contributed by atoms with Crippen LogP contribution in [-0.2, 0) is 26.1 Å². The van der Waals surface area contributed by atoms with Crippen molar-refractivity contribution in [2.75, 3.05) is 5.32 Å². The first-order chi connectivity index (χ1) is 16.2. The molecule has 1 aliphatic carbocycles. The van der Waals surface area contributed by atoms with E-state index in [9.17, 15) is 18.0 Å². The highest BCUT2D eigenvalue weighted by Crippen LogP contribution is 2.36. The topological polar surface area (TPSA) is 74.7 Å². The summed E-state index contributed by atoms with van der Waals surface area (Å²) in [6.07, 6.45) is 1.29. The van der Waals surface area contributed by atoms with E-state index in [0.29, 0.717) is 6.42 Å². The second-order valence-corrected chi connectivity index (χ2v) is 8.88. The Bertz CT molecular complexity index is 1390. The van der Waals surface area contributed by atoms with Gasteiger partial charge in [0.2, 0.25) is 0 Å². The zero-order valence-electron chi connectivity index (χ0n) is 18.1. The van der Waals surface area contributed by atoms with Crippen molar-refractivity contribution in [2.24, 2.45) is 7.05 Å². The van der Waals surface area contributed by atoms with Crippen LogP contribution in [0.2, 0.25) is 5.02 Å². The fraction of sp³-hybridized carbons (Fsp3) is 0.250. The lowest BCUT2D eigenvalue weighted by Gasteiger charge is -2.24. The molecule has 1 atom stereocenters. The quantitative estimate of drug-likeness (QED) is 0.335. The zero-order valence-corrected chi connectivity index (χ0v) is 18.9. The molecule has 2 aromatic carbocycles. The Morgan fingerprint density at radius 1 is 1.21 bits per heavy atom. The van der Waals surface area contributed by atoms with E-state index in [-0.39, 0.29) is 11.7 Å². The minimum Gasteiger partial charge on any atom is -0.358 e. The number of carbonyl (C=O) groups is 1. The third-order valence-electron chi connectivity index (χ3n) is 6.09. The number of urea groups is 1. The fourth-order valence-electron chi connectivity index (χ4n) is 4.47. The molecule has 1 unspecified atom stereocenters. The van der Waals surface area contributed by atoms with Gasteiger partial charge in [0, 0.05) is 47.1 Å². The number of H-pyrrole nitrogens is 1. The molecule has 1 aliphatic rings. The summed E-state index contributed by atoms with van der Waals surface area (Å²) < 4.78 is 41.0. The van der Waals surface area contributed by atoms with E-state index in [1.165, 1.54) is 6.07 Å². The predicted octanol–water partition coefficient (Wildman–Crippen LogP) is 5.92. The second-order valence-electron chi connectivity index (χ2n) is 8.48. The number of aromatic nitrogens is 3. The number of benzene rings is 2. The summed E-state index contributed by atoms with van der Waals surface area (Å²) in [7, 11) is 1.88. The van der Waals surface area contributed by atoms with Gasteiger partial charge in [-0.3, -0.25) is 4.68 Å². The lowest BCUT2D eigenvalue weighted by molar-refractivity contribution is -0.137. The molecule has 10 heteroatoms. The summed E-state index contributed by atoms with van der Waals surface area (Å²) in [6, 6.07) is 8.83. The SMILES string of the molecule is Cn1cc(-c2ccc3c4c([nH]c3c2)CCC(NC(=O)Nc2ccc(Cl)c(C(F)(F)F)c2)C4)cn1. The van der Waals surface area contributed by atoms with Crippen molar-refractivity contribution >= 4 is 34.2 Å². The molecular weight excluding hydrogens is 467 g/mol. The van der Waals surface area contributed by atoms with Crippen molar-refractivity contribution in [2.45, 2.75) is 31.5 Å². The summed E-state index contributed by atoms with van der Waals surface area (Å²) >= 11 is 5.65. The molecule has 0 aliphatic heterocycles. The summed E-state index contributed by atoms with van der Waals surface area (Å²) in [4.78, 5) is 16.0. The van der Waals surface area contributed by atoms with Crippen LogP contribution in [-0.4, -0.2) is 26.8 Å². The third kappa shape index (κ3) is 4.35. The molecule has 0 saturated heterocycles. The molecule has 2 amide bonds. The molecule has 34 heavy (non-hydrogen) atoms. The molecule has 0 bridgehead atoms. The molecule has 2 aromatic heterocycles. The molecule has 0 spiro atoms. The van der Waals surface area contributed by atoms with Gasteiger partial charge in [0.15, 0.2) is 0 Å². The van der Waals surface area contributed by atoms with Crippen molar-refractivity contribution in [1.82, 2.24) is 20.1 Å². The largest absolute Gasteiger partial charge is 0.417 e. The average Bonchev–Trinajstić information content (AvgIpc) is 3.37. The lowest BCUT2D eigenvalue weighted by Crippen LogP contribution is -2.41. The minimum atomic E-state index is -4.60. The molecular formula is C24H21ClF3N5O. The number of hydrogen-bond donors (Lipinski definition) is 3. The molecule has 0 fully saturated rings. The number of anilines is 1. The van der Waals surface area contributed by atoms with Gasteiger partial charge >= 0.3 is 12.2 Å². The lowest BCUT2D eigenvalue weighted by atomic mass is 9.91. The average molecular weight is 488 g/mol. The normalized spacial score (nSPS) is 15.9. The molecule has 2 heterocycles. The number of aromatic amines is 1. The Morgan fingerprint density at radius 2 is 2.03 bits per heavy atom. The molecule has 5 rings (SSSR count). The highest BCUT2D eigenvalue weighted by atomic mass is 35.5. The summed E-state index contributed by atoms with van der Waals surface area (Å²) in [5.41, 5.74) is 4.45. The van der Waals surface area contributed by atoms with Gasteiger partial charge in [-0.05, 0) is 54.7 Å². The number of carbonyl (C=O) groups excluding carboxylic acids is 1. The van der Waals surface area contributed by atoms with Crippen molar-refractivity contribution in [1.29, 1.82) is 0 Å². The van der Waals surface area contributed by atoms with Crippen LogP contribution in [0.1, 0.15) is 23.2 Å². The number of halogens is 4. The van der Waals surface area contributed by atoms with E-state index >= 15 is 0 Å². The summed E-state index contributed by atoms with van der Waals surface area (Å²) in [5, 5.41) is 10.3. The molecule has 3 N–H and O–H groups in total. The van der Waals surface area contributed by atoms with Crippen LogP contribution in [0, 0.1) is 0 Å². The minimum absolute atomic E-state index is 0.0285. The molecule has 0 saturated carbocycles. The Morgan fingerprint density at radius 3 is 2.76 bits per heavy atom. The van der Waals surface area contributed by atoms with E-state index in [4.69, 9.17) is 11.6 Å². The highest BCUT2D eigenvalue weighted by Gasteiger charge is 2.33. The maximum Gasteiger partial charge on any atom is 0.417 e. The van der Waals surface area contributed by atoms with Crippen LogP contribution in [0.4, 0.5) is 23.7 Å². The number of fused-ring (bicyclic) bond motifs is 3. The maximum absolute atomic E-state index is 13.1. The van der Waals surface area contributed by atoms with Gasteiger partial charge in [-0.25, -0.2) is 4.79 Å². The van der Waals surface area contributed by atoms with E-state index in [2.05, 4.69) is 38.9 Å². The number of nitrogens with zero attached hydrogens (tertiary/aromatic N) is 2. The molecule has 176 valence electrons. The van der Waals surface area contributed by atoms with E-state index in [0.717, 1.165) is 58.3 Å². The number of amides is 2. The fourth-order valence-corrected chi connectivity index (χ4v) is 4.70. The van der Waals surface area contributed by atoms with Crippen LogP contribution in [0.25, 0.3) is 22.0 Å². The van der Waals surface area contributed by atoms with Crippen molar-refractivity contribution in [3.05, 3.63) is 70.6 Å². The first-order valence-corrected chi connectivity index (χ1v) is 11.1.